The second kappa shape index (κ2) is 3.52. The van der Waals surface area contributed by atoms with Gasteiger partial charge in [0.2, 0.25) is 0 Å². The molecule has 86 valence electrons. The van der Waals surface area contributed by atoms with Gasteiger partial charge in [-0.1, -0.05) is 0 Å². The zero-order chi connectivity index (χ0) is 12.0. The molecule has 0 spiro atoms. The smallest absolute Gasteiger partial charge is 0.196 e. The fourth-order valence-corrected chi connectivity index (χ4v) is 1.97. The number of hydrogen-bond donors (Lipinski definition) is 2. The number of rotatable bonds is 1. The molecule has 1 aromatic heterocycles. The lowest BCUT2D eigenvalue weighted by Crippen LogP contribution is -2.05. The van der Waals surface area contributed by atoms with Crippen molar-refractivity contribution >= 4 is 10.9 Å². The second-order valence-electron chi connectivity index (χ2n) is 3.86. The van der Waals surface area contributed by atoms with E-state index in [9.17, 15) is 13.2 Å². The maximum Gasteiger partial charge on any atom is 0.196 e. The van der Waals surface area contributed by atoms with Crippen LogP contribution in [0.3, 0.4) is 0 Å². The number of halogens is 3. The van der Waals surface area contributed by atoms with Crippen molar-refractivity contribution in [2.75, 3.05) is 0 Å². The standard InChI is InChI=1S/C11H11F3N2/c1-4(15)8-5(2)16-11-6(8)3-7(12)9(13)10(11)14/h3-4,16H,15H2,1-2H3. The van der Waals surface area contributed by atoms with Crippen LogP contribution >= 0.6 is 0 Å². The number of aryl methyl sites for hydroxylation is 1. The Bertz CT molecular complexity index is 558. The number of fused-ring (bicyclic) bond motifs is 1. The molecule has 2 nitrogen and oxygen atoms in total. The molecule has 16 heavy (non-hydrogen) atoms. The van der Waals surface area contributed by atoms with Crippen molar-refractivity contribution in [3.8, 4) is 0 Å². The first kappa shape index (κ1) is 11.0. The fourth-order valence-electron chi connectivity index (χ4n) is 1.97. The Balaban J connectivity index is 2.91. The van der Waals surface area contributed by atoms with E-state index in [0.29, 0.717) is 16.6 Å². The summed E-state index contributed by atoms with van der Waals surface area (Å²) in [6.07, 6.45) is 0. The molecular weight excluding hydrogens is 217 g/mol. The number of nitrogens with two attached hydrogens (primary N) is 1. The van der Waals surface area contributed by atoms with Crippen LogP contribution in [0.15, 0.2) is 6.07 Å². The Morgan fingerprint density at radius 3 is 2.44 bits per heavy atom. The van der Waals surface area contributed by atoms with Crippen molar-refractivity contribution in [3.63, 3.8) is 0 Å². The normalized spacial score (nSPS) is 13.4. The number of aromatic nitrogens is 1. The lowest BCUT2D eigenvalue weighted by atomic mass is 10.0. The molecule has 2 aromatic rings. The molecule has 3 N–H and O–H groups in total. The molecule has 0 fully saturated rings. The minimum atomic E-state index is -1.47. The number of benzene rings is 1. The third kappa shape index (κ3) is 1.39. The highest BCUT2D eigenvalue weighted by Crippen LogP contribution is 2.30. The molecule has 0 aliphatic heterocycles. The van der Waals surface area contributed by atoms with Gasteiger partial charge in [0.05, 0.1) is 5.52 Å². The molecule has 1 unspecified atom stereocenters. The first-order chi connectivity index (χ1) is 7.43. The summed E-state index contributed by atoms with van der Waals surface area (Å²) in [5.41, 5.74) is 6.89. The molecule has 1 aromatic carbocycles. The fraction of sp³-hybridized carbons (Fsp3) is 0.273. The van der Waals surface area contributed by atoms with Crippen molar-refractivity contribution in [1.29, 1.82) is 0 Å². The summed E-state index contributed by atoms with van der Waals surface area (Å²) in [5.74, 6) is -3.87. The van der Waals surface area contributed by atoms with Crippen LogP contribution in [-0.4, -0.2) is 4.98 Å². The van der Waals surface area contributed by atoms with Gasteiger partial charge in [-0.2, -0.15) is 0 Å². The summed E-state index contributed by atoms with van der Waals surface area (Å²) in [6, 6.07) is 0.591. The number of nitrogens with one attached hydrogen (secondary N) is 1. The zero-order valence-corrected chi connectivity index (χ0v) is 8.87. The average Bonchev–Trinajstić information content (AvgIpc) is 2.51. The Labute approximate surface area is 90.3 Å². The second-order valence-corrected chi connectivity index (χ2v) is 3.86. The van der Waals surface area contributed by atoms with E-state index < -0.39 is 17.5 Å². The van der Waals surface area contributed by atoms with Crippen LogP contribution in [0.5, 0.6) is 0 Å². The highest BCUT2D eigenvalue weighted by atomic mass is 19.2. The van der Waals surface area contributed by atoms with Crippen LogP contribution in [0.25, 0.3) is 10.9 Å². The van der Waals surface area contributed by atoms with E-state index in [1.54, 1.807) is 13.8 Å². The molecule has 0 radical (unpaired) electrons. The molecular formula is C11H11F3N2. The summed E-state index contributed by atoms with van der Waals surface area (Å²) in [4.78, 5) is 2.68. The molecule has 2 rings (SSSR count). The van der Waals surface area contributed by atoms with Gasteiger partial charge >= 0.3 is 0 Å². The van der Waals surface area contributed by atoms with E-state index in [2.05, 4.69) is 4.98 Å². The average molecular weight is 228 g/mol. The maximum atomic E-state index is 13.4. The molecule has 1 heterocycles. The highest BCUT2D eigenvalue weighted by molar-refractivity contribution is 5.85. The van der Waals surface area contributed by atoms with Crippen molar-refractivity contribution in [2.24, 2.45) is 5.73 Å². The van der Waals surface area contributed by atoms with Crippen molar-refractivity contribution in [2.45, 2.75) is 19.9 Å². The summed E-state index contributed by atoms with van der Waals surface area (Å²) in [7, 11) is 0. The van der Waals surface area contributed by atoms with E-state index in [1.807, 2.05) is 0 Å². The number of hydrogen-bond acceptors (Lipinski definition) is 1. The first-order valence-electron chi connectivity index (χ1n) is 4.84. The summed E-state index contributed by atoms with van der Waals surface area (Å²) < 4.78 is 39.5. The topological polar surface area (TPSA) is 41.8 Å². The van der Waals surface area contributed by atoms with Crippen molar-refractivity contribution in [3.05, 3.63) is 34.8 Å². The van der Waals surface area contributed by atoms with E-state index in [-0.39, 0.29) is 11.6 Å². The van der Waals surface area contributed by atoms with Gasteiger partial charge in [-0.25, -0.2) is 13.2 Å². The third-order valence-electron chi connectivity index (χ3n) is 2.62. The molecule has 0 saturated carbocycles. The first-order valence-corrected chi connectivity index (χ1v) is 4.84. The molecule has 0 aliphatic rings. The van der Waals surface area contributed by atoms with Gasteiger partial charge in [0, 0.05) is 17.1 Å². The predicted octanol–water partition coefficient (Wildman–Crippen LogP) is 2.91. The quantitative estimate of drug-likeness (QED) is 0.724. The third-order valence-corrected chi connectivity index (χ3v) is 2.62. The number of aromatic amines is 1. The van der Waals surface area contributed by atoms with Crippen LogP contribution in [0, 0.1) is 24.4 Å². The van der Waals surface area contributed by atoms with Crippen LogP contribution in [0.1, 0.15) is 24.2 Å². The Morgan fingerprint density at radius 2 is 1.88 bits per heavy atom. The van der Waals surface area contributed by atoms with Gasteiger partial charge in [-0.3, -0.25) is 0 Å². The van der Waals surface area contributed by atoms with Gasteiger partial charge in [0.15, 0.2) is 17.5 Å². The number of H-pyrrole nitrogens is 1. The van der Waals surface area contributed by atoms with Crippen molar-refractivity contribution in [1.82, 2.24) is 4.98 Å². The summed E-state index contributed by atoms with van der Waals surface area (Å²) in [6.45, 7) is 3.39. The Morgan fingerprint density at radius 1 is 1.25 bits per heavy atom. The van der Waals surface area contributed by atoms with Crippen LogP contribution < -0.4 is 5.73 Å². The monoisotopic (exact) mass is 228 g/mol. The minimum absolute atomic E-state index is 0.0382. The molecule has 0 aliphatic carbocycles. The van der Waals surface area contributed by atoms with Crippen LogP contribution in [0.4, 0.5) is 13.2 Å². The van der Waals surface area contributed by atoms with Gasteiger partial charge < -0.3 is 10.7 Å². The Kier molecular flexibility index (Phi) is 2.42. The summed E-state index contributed by atoms with van der Waals surface area (Å²) in [5, 5.41) is 0.295. The highest BCUT2D eigenvalue weighted by Gasteiger charge is 2.20. The van der Waals surface area contributed by atoms with E-state index in [0.717, 1.165) is 6.07 Å². The molecule has 5 heteroatoms. The largest absolute Gasteiger partial charge is 0.356 e. The molecule has 0 saturated heterocycles. The van der Waals surface area contributed by atoms with Crippen LogP contribution in [0.2, 0.25) is 0 Å². The van der Waals surface area contributed by atoms with Gasteiger partial charge in [-0.05, 0) is 25.5 Å². The predicted molar refractivity (Wildman–Crippen MR) is 55.5 cm³/mol. The van der Waals surface area contributed by atoms with E-state index >= 15 is 0 Å². The Hall–Kier alpha value is -1.49. The molecule has 0 amide bonds. The SMILES string of the molecule is Cc1[nH]c2c(F)c(F)c(F)cc2c1C(C)N. The lowest BCUT2D eigenvalue weighted by molar-refractivity contribution is 0.453. The van der Waals surface area contributed by atoms with Gasteiger partial charge in [0.1, 0.15) is 0 Å². The minimum Gasteiger partial charge on any atom is -0.356 e. The molecule has 0 bridgehead atoms. The van der Waals surface area contributed by atoms with Crippen LogP contribution in [-0.2, 0) is 0 Å². The van der Waals surface area contributed by atoms with E-state index in [1.165, 1.54) is 0 Å². The summed E-state index contributed by atoms with van der Waals surface area (Å²) >= 11 is 0. The van der Waals surface area contributed by atoms with E-state index in [4.69, 9.17) is 5.73 Å². The van der Waals surface area contributed by atoms with Crippen molar-refractivity contribution < 1.29 is 13.2 Å². The maximum absolute atomic E-state index is 13.4. The lowest BCUT2D eigenvalue weighted by Gasteiger charge is -2.05. The zero-order valence-electron chi connectivity index (χ0n) is 8.87. The van der Waals surface area contributed by atoms with Gasteiger partial charge in [0.25, 0.3) is 0 Å². The van der Waals surface area contributed by atoms with Gasteiger partial charge in [-0.15, -0.1) is 0 Å². The molecule has 1 atom stereocenters.